The van der Waals surface area contributed by atoms with E-state index in [0.717, 1.165) is 0 Å². The predicted octanol–water partition coefficient (Wildman–Crippen LogP) is 3.39. The number of aromatic nitrogens is 1. The molecule has 2 aromatic carbocycles. The zero-order valence-electron chi connectivity index (χ0n) is 15.7. The highest BCUT2D eigenvalue weighted by atomic mass is 28.3. The van der Waals surface area contributed by atoms with E-state index in [1.165, 1.54) is 38.6 Å². The van der Waals surface area contributed by atoms with Gasteiger partial charge in [0.15, 0.2) is 6.20 Å². The summed E-state index contributed by atoms with van der Waals surface area (Å²) in [5.74, 6) is 0. The van der Waals surface area contributed by atoms with Crippen molar-refractivity contribution in [3.63, 3.8) is 0 Å². The molecule has 2 nitrogen and oxygen atoms in total. The molecular weight excluding hydrogens is 320 g/mol. The molecule has 0 unspecified atom stereocenters. The van der Waals surface area contributed by atoms with Crippen LogP contribution in [0, 0.1) is 6.92 Å². The molecule has 0 bridgehead atoms. The van der Waals surface area contributed by atoms with Gasteiger partial charge in [0.25, 0.3) is 0 Å². The molecule has 0 amide bonds. The van der Waals surface area contributed by atoms with Crippen molar-refractivity contribution < 1.29 is 4.57 Å². The van der Waals surface area contributed by atoms with Gasteiger partial charge in [-0.25, -0.2) is 4.57 Å². The van der Waals surface area contributed by atoms with Crippen LogP contribution in [-0.4, -0.2) is 15.1 Å². The third kappa shape index (κ3) is 2.34. The Morgan fingerprint density at radius 1 is 0.880 bits per heavy atom. The second-order valence-electron chi connectivity index (χ2n) is 7.58. The van der Waals surface area contributed by atoms with Crippen LogP contribution in [0.1, 0.15) is 5.56 Å². The molecular formula is C22H25N2Si+. The first-order valence-electron chi connectivity index (χ1n) is 8.84. The summed E-state index contributed by atoms with van der Waals surface area (Å²) < 4.78 is 2.20. The molecule has 4 rings (SSSR count). The fourth-order valence-electron chi connectivity index (χ4n) is 4.12. The summed E-state index contributed by atoms with van der Waals surface area (Å²) >= 11 is 0. The molecule has 3 heteroatoms. The van der Waals surface area contributed by atoms with Gasteiger partial charge in [-0.3, -0.25) is 0 Å². The van der Waals surface area contributed by atoms with E-state index < -0.39 is 8.07 Å². The predicted molar refractivity (Wildman–Crippen MR) is 109 cm³/mol. The molecule has 0 spiro atoms. The molecule has 25 heavy (non-hydrogen) atoms. The number of anilines is 2. The second-order valence-corrected chi connectivity index (χ2v) is 11.9. The van der Waals surface area contributed by atoms with Crippen LogP contribution in [0.15, 0.2) is 60.8 Å². The number of hydrogen-bond donors (Lipinski definition) is 0. The third-order valence-electron chi connectivity index (χ3n) is 5.65. The van der Waals surface area contributed by atoms with E-state index in [-0.39, 0.29) is 0 Å². The van der Waals surface area contributed by atoms with E-state index in [0.29, 0.717) is 0 Å². The van der Waals surface area contributed by atoms with Crippen LogP contribution >= 0.6 is 0 Å². The molecule has 0 aliphatic carbocycles. The molecule has 1 aliphatic rings. The number of hydrogen-bond acceptors (Lipinski definition) is 1. The summed E-state index contributed by atoms with van der Waals surface area (Å²) in [4.78, 5) is 2.37. The lowest BCUT2D eigenvalue weighted by molar-refractivity contribution is -0.660. The maximum atomic E-state index is 2.47. The first kappa shape index (κ1) is 16.1. The number of benzene rings is 2. The van der Waals surface area contributed by atoms with Crippen LogP contribution < -0.4 is 19.8 Å². The fraction of sp³-hybridized carbons (Fsp3) is 0.227. The van der Waals surface area contributed by atoms with Gasteiger partial charge >= 0.3 is 0 Å². The molecule has 1 aliphatic heterocycles. The lowest BCUT2D eigenvalue weighted by atomic mass is 10.0. The monoisotopic (exact) mass is 345 g/mol. The minimum absolute atomic E-state index is 1.26. The van der Waals surface area contributed by atoms with E-state index >= 15 is 0 Å². The molecule has 2 heterocycles. The van der Waals surface area contributed by atoms with Crippen LogP contribution in [0.4, 0.5) is 11.4 Å². The average molecular weight is 346 g/mol. The number of fused-ring (bicyclic) bond motifs is 2. The van der Waals surface area contributed by atoms with Crippen molar-refractivity contribution in [2.45, 2.75) is 20.0 Å². The van der Waals surface area contributed by atoms with Crippen LogP contribution in [0.2, 0.25) is 13.1 Å². The molecule has 0 fully saturated rings. The SMILES string of the molecule is Cc1cc2c(cc1-c1cccc[n+]1C)N(C)c1ccccc1[Si]2(C)C. The highest BCUT2D eigenvalue weighted by Crippen LogP contribution is 2.34. The molecule has 0 saturated heterocycles. The first-order valence-corrected chi connectivity index (χ1v) is 11.8. The number of nitrogens with zero attached hydrogens (tertiary/aromatic N) is 2. The lowest BCUT2D eigenvalue weighted by Gasteiger charge is -2.39. The second kappa shape index (κ2) is 5.56. The summed E-state index contributed by atoms with van der Waals surface area (Å²) in [5, 5.41) is 3.07. The number of rotatable bonds is 1. The van der Waals surface area contributed by atoms with E-state index in [9.17, 15) is 0 Å². The van der Waals surface area contributed by atoms with Crippen molar-refractivity contribution >= 4 is 29.8 Å². The van der Waals surface area contributed by atoms with Crippen LogP contribution in [0.3, 0.4) is 0 Å². The standard InChI is InChI=1S/C22H25N2Si/c1-16-14-22-20(15-17(16)18-10-8-9-13-23(18)2)24(3)19-11-6-7-12-21(19)25(22,4)5/h6-15H,1-5H3/q+1. The minimum atomic E-state index is -1.69. The maximum absolute atomic E-state index is 2.47. The average Bonchev–Trinajstić information content (AvgIpc) is 2.61. The summed E-state index contributed by atoms with van der Waals surface area (Å²) in [6.45, 7) is 7.19. The largest absolute Gasteiger partial charge is 0.345 e. The van der Waals surface area contributed by atoms with Crippen molar-refractivity contribution in [1.82, 2.24) is 0 Å². The maximum Gasteiger partial charge on any atom is 0.212 e. The van der Waals surface area contributed by atoms with Gasteiger partial charge in [0, 0.05) is 30.6 Å². The fourth-order valence-corrected chi connectivity index (χ4v) is 7.28. The minimum Gasteiger partial charge on any atom is -0.345 e. The molecule has 126 valence electrons. The smallest absolute Gasteiger partial charge is 0.212 e. The Bertz CT molecular complexity index is 976. The Hall–Kier alpha value is -2.39. The molecule has 0 radical (unpaired) electrons. The van der Waals surface area contributed by atoms with Crippen LogP contribution in [0.5, 0.6) is 0 Å². The van der Waals surface area contributed by atoms with Gasteiger partial charge in [-0.05, 0) is 41.1 Å². The van der Waals surface area contributed by atoms with E-state index in [1.54, 1.807) is 0 Å². The molecule has 1 aromatic heterocycles. The molecule has 0 atom stereocenters. The Morgan fingerprint density at radius 3 is 2.36 bits per heavy atom. The Kier molecular flexibility index (Phi) is 3.58. The molecule has 0 saturated carbocycles. The number of para-hydroxylation sites is 1. The molecule has 0 N–H and O–H groups in total. The normalized spacial score (nSPS) is 14.8. The van der Waals surface area contributed by atoms with Gasteiger partial charge in [-0.1, -0.05) is 37.4 Å². The summed E-state index contributed by atoms with van der Waals surface area (Å²) in [6.07, 6.45) is 2.12. The third-order valence-corrected chi connectivity index (χ3v) is 9.16. The summed E-state index contributed by atoms with van der Waals surface area (Å²) in [5.41, 5.74) is 6.65. The quantitative estimate of drug-likeness (QED) is 0.484. The van der Waals surface area contributed by atoms with Gasteiger partial charge in [0.1, 0.15) is 15.1 Å². The van der Waals surface area contributed by atoms with Gasteiger partial charge in [-0.2, -0.15) is 0 Å². The Balaban J connectivity index is 1.99. The Labute approximate surface area is 151 Å². The van der Waals surface area contributed by atoms with Gasteiger partial charge in [0.05, 0.1) is 5.56 Å². The van der Waals surface area contributed by atoms with Gasteiger partial charge in [-0.15, -0.1) is 0 Å². The van der Waals surface area contributed by atoms with Crippen molar-refractivity contribution in [1.29, 1.82) is 0 Å². The zero-order valence-corrected chi connectivity index (χ0v) is 16.7. The van der Waals surface area contributed by atoms with E-state index in [1.807, 2.05) is 0 Å². The van der Waals surface area contributed by atoms with Gasteiger partial charge in [0.2, 0.25) is 5.69 Å². The summed E-state index contributed by atoms with van der Waals surface area (Å²) in [7, 11) is 2.63. The topological polar surface area (TPSA) is 7.12 Å². The number of aryl methyl sites for hydroxylation is 2. The lowest BCUT2D eigenvalue weighted by Crippen LogP contribution is -2.58. The number of pyridine rings is 1. The van der Waals surface area contributed by atoms with Crippen molar-refractivity contribution in [2.24, 2.45) is 7.05 Å². The van der Waals surface area contributed by atoms with Gasteiger partial charge < -0.3 is 4.90 Å². The van der Waals surface area contributed by atoms with Crippen molar-refractivity contribution in [3.05, 3.63) is 66.4 Å². The van der Waals surface area contributed by atoms with E-state index in [4.69, 9.17) is 0 Å². The van der Waals surface area contributed by atoms with Crippen LogP contribution in [0.25, 0.3) is 11.3 Å². The first-order chi connectivity index (χ1) is 11.9. The van der Waals surface area contributed by atoms with Crippen molar-refractivity contribution in [2.75, 3.05) is 11.9 Å². The highest BCUT2D eigenvalue weighted by Gasteiger charge is 2.37. The Morgan fingerprint density at radius 2 is 1.60 bits per heavy atom. The van der Waals surface area contributed by atoms with Crippen LogP contribution in [-0.2, 0) is 7.05 Å². The van der Waals surface area contributed by atoms with E-state index in [2.05, 4.69) is 104 Å². The summed E-state index contributed by atoms with van der Waals surface area (Å²) in [6, 6.07) is 20.1. The molecule has 3 aromatic rings. The zero-order chi connectivity index (χ0) is 17.8. The highest BCUT2D eigenvalue weighted by molar-refractivity contribution is 7.02. The van der Waals surface area contributed by atoms with Crippen molar-refractivity contribution in [3.8, 4) is 11.3 Å².